The Labute approximate surface area is 205 Å². The Bertz CT molecular complexity index is 1040. The number of esters is 1. The Balaban J connectivity index is 2.35. The number of aromatic nitrogens is 1. The molecule has 190 valence electrons. The molecule has 10 nitrogen and oxygen atoms in total. The summed E-state index contributed by atoms with van der Waals surface area (Å²) in [5, 5.41) is 3.07. The lowest BCUT2D eigenvalue weighted by Crippen LogP contribution is -2.43. The summed E-state index contributed by atoms with van der Waals surface area (Å²) in [5.41, 5.74) is -0.231. The van der Waals surface area contributed by atoms with Crippen molar-refractivity contribution in [2.45, 2.75) is 59.3 Å². The molecule has 2 amide bonds. The van der Waals surface area contributed by atoms with Crippen LogP contribution < -0.4 is 10.1 Å². The zero-order chi connectivity index (χ0) is 26.4. The molecule has 1 aromatic carbocycles. The number of carbonyl (C=O) groups is 3. The van der Waals surface area contributed by atoms with Gasteiger partial charge in [0.1, 0.15) is 22.6 Å². The standard InChI is InChI=1S/C25H33N3O7/c1-24(2,3)34-22(30)28(23(31)35-25(4,5)6)15-16-10-9-11-17(14-16)26-20-18(21(29)33-8)12-13-19(27-20)32-7/h9-14H,15H2,1-8H3,(H,26,27). The van der Waals surface area contributed by atoms with E-state index in [1.807, 2.05) is 0 Å². The molecule has 1 aromatic heterocycles. The SMILES string of the molecule is COC(=O)c1ccc(OC)nc1Nc1cccc(CN(C(=O)OC(C)(C)C)C(=O)OC(C)(C)C)c1. The molecule has 1 heterocycles. The van der Waals surface area contributed by atoms with Crippen LogP contribution in [0, 0.1) is 0 Å². The first-order valence-electron chi connectivity index (χ1n) is 10.9. The molecule has 0 unspecified atom stereocenters. The zero-order valence-electron chi connectivity index (χ0n) is 21.4. The molecule has 10 heteroatoms. The van der Waals surface area contributed by atoms with Gasteiger partial charge in [0.2, 0.25) is 5.88 Å². The molecule has 2 aromatic rings. The van der Waals surface area contributed by atoms with E-state index in [-0.39, 0.29) is 17.9 Å². The molecule has 0 aliphatic heterocycles. The number of imide groups is 1. The quantitative estimate of drug-likeness (QED) is 0.428. The normalized spacial score (nSPS) is 11.3. The molecule has 0 aliphatic carbocycles. The van der Waals surface area contributed by atoms with Crippen molar-refractivity contribution >= 4 is 29.7 Å². The average Bonchev–Trinajstić information content (AvgIpc) is 2.74. The summed E-state index contributed by atoms with van der Waals surface area (Å²) in [4.78, 5) is 43.0. The molecular formula is C25H33N3O7. The number of amides is 2. The third-order valence-electron chi connectivity index (χ3n) is 4.24. The summed E-state index contributed by atoms with van der Waals surface area (Å²) >= 11 is 0. The fraction of sp³-hybridized carbons (Fsp3) is 0.440. The molecule has 35 heavy (non-hydrogen) atoms. The van der Waals surface area contributed by atoms with Crippen molar-refractivity contribution < 1.29 is 33.3 Å². The van der Waals surface area contributed by atoms with E-state index in [9.17, 15) is 14.4 Å². The molecule has 0 radical (unpaired) electrons. The number of hydrogen-bond donors (Lipinski definition) is 1. The third-order valence-corrected chi connectivity index (χ3v) is 4.24. The highest BCUT2D eigenvalue weighted by atomic mass is 16.6. The van der Waals surface area contributed by atoms with Gasteiger partial charge in [-0.3, -0.25) is 0 Å². The lowest BCUT2D eigenvalue weighted by Gasteiger charge is -2.28. The molecule has 0 atom stereocenters. The van der Waals surface area contributed by atoms with Gasteiger partial charge >= 0.3 is 18.2 Å². The summed E-state index contributed by atoms with van der Waals surface area (Å²) in [5.74, 6) is -0.0401. The predicted octanol–water partition coefficient (Wildman–Crippen LogP) is 5.29. The molecule has 0 fully saturated rings. The second kappa shape index (κ2) is 11.1. The van der Waals surface area contributed by atoms with E-state index < -0.39 is 29.4 Å². The maximum absolute atomic E-state index is 12.8. The number of pyridine rings is 1. The van der Waals surface area contributed by atoms with Crippen LogP contribution in [0.3, 0.4) is 0 Å². The van der Waals surface area contributed by atoms with Crippen molar-refractivity contribution in [1.29, 1.82) is 0 Å². The summed E-state index contributed by atoms with van der Waals surface area (Å²) in [7, 11) is 2.74. The highest BCUT2D eigenvalue weighted by molar-refractivity contribution is 5.95. The van der Waals surface area contributed by atoms with Crippen molar-refractivity contribution in [2.75, 3.05) is 19.5 Å². The van der Waals surface area contributed by atoms with Crippen molar-refractivity contribution in [3.8, 4) is 5.88 Å². The molecule has 2 rings (SSSR count). The first-order valence-corrected chi connectivity index (χ1v) is 10.9. The fourth-order valence-corrected chi connectivity index (χ4v) is 2.83. The number of benzene rings is 1. The van der Waals surface area contributed by atoms with E-state index in [2.05, 4.69) is 10.3 Å². The summed E-state index contributed by atoms with van der Waals surface area (Å²) in [6.45, 7) is 10.2. The zero-order valence-corrected chi connectivity index (χ0v) is 21.4. The van der Waals surface area contributed by atoms with Gasteiger partial charge in [-0.25, -0.2) is 19.3 Å². The minimum atomic E-state index is -0.826. The maximum atomic E-state index is 12.8. The van der Waals surface area contributed by atoms with Crippen LogP contribution in [0.25, 0.3) is 0 Å². The lowest BCUT2D eigenvalue weighted by molar-refractivity contribution is -0.000281. The molecule has 1 N–H and O–H groups in total. The molecule has 0 spiro atoms. The van der Waals surface area contributed by atoms with Gasteiger partial charge < -0.3 is 24.3 Å². The Kier molecular flexibility index (Phi) is 8.67. The van der Waals surface area contributed by atoms with Crippen molar-refractivity contribution in [2.24, 2.45) is 0 Å². The first kappa shape index (κ1) is 27.4. The van der Waals surface area contributed by atoms with Gasteiger partial charge in [-0.05, 0) is 65.3 Å². The highest BCUT2D eigenvalue weighted by Gasteiger charge is 2.31. The monoisotopic (exact) mass is 487 g/mol. The Hall–Kier alpha value is -3.82. The van der Waals surface area contributed by atoms with Crippen LogP contribution in [0.5, 0.6) is 5.88 Å². The van der Waals surface area contributed by atoms with Gasteiger partial charge in [0, 0.05) is 11.8 Å². The number of anilines is 2. The fourth-order valence-electron chi connectivity index (χ4n) is 2.83. The molecule has 0 saturated carbocycles. The third kappa shape index (κ3) is 8.47. The molecule has 0 bridgehead atoms. The first-order chi connectivity index (χ1) is 16.2. The van der Waals surface area contributed by atoms with Crippen molar-refractivity contribution in [1.82, 2.24) is 9.88 Å². The minimum Gasteiger partial charge on any atom is -0.481 e. The van der Waals surface area contributed by atoms with Gasteiger partial charge in [-0.2, -0.15) is 4.98 Å². The average molecular weight is 488 g/mol. The van der Waals surface area contributed by atoms with Gasteiger partial charge in [0.25, 0.3) is 0 Å². The van der Waals surface area contributed by atoms with Gasteiger partial charge in [0.05, 0.1) is 20.8 Å². The van der Waals surface area contributed by atoms with E-state index in [1.165, 1.54) is 20.3 Å². The van der Waals surface area contributed by atoms with E-state index in [0.717, 1.165) is 4.90 Å². The highest BCUT2D eigenvalue weighted by Crippen LogP contribution is 2.24. The number of ether oxygens (including phenoxy) is 4. The summed E-state index contributed by atoms with van der Waals surface area (Å²) < 4.78 is 20.8. The topological polar surface area (TPSA) is 116 Å². The van der Waals surface area contributed by atoms with Gasteiger partial charge in [0.15, 0.2) is 0 Å². The predicted molar refractivity (Wildman–Crippen MR) is 130 cm³/mol. The van der Waals surface area contributed by atoms with E-state index in [1.54, 1.807) is 71.9 Å². The molecule has 0 aliphatic rings. The summed E-state index contributed by atoms with van der Waals surface area (Å²) in [6, 6.07) is 10.0. The number of nitrogens with one attached hydrogen (secondary N) is 1. The summed E-state index contributed by atoms with van der Waals surface area (Å²) in [6.07, 6.45) is -1.65. The Morgan fingerprint density at radius 2 is 1.51 bits per heavy atom. The Morgan fingerprint density at radius 3 is 2.03 bits per heavy atom. The van der Waals surface area contributed by atoms with E-state index >= 15 is 0 Å². The van der Waals surface area contributed by atoms with E-state index in [4.69, 9.17) is 18.9 Å². The number of methoxy groups -OCH3 is 2. The smallest absolute Gasteiger partial charge is 0.420 e. The lowest BCUT2D eigenvalue weighted by atomic mass is 10.1. The van der Waals surface area contributed by atoms with Crippen LogP contribution in [0.2, 0.25) is 0 Å². The second-order valence-electron chi connectivity index (χ2n) is 9.61. The number of nitrogens with zero attached hydrogens (tertiary/aromatic N) is 2. The Morgan fingerprint density at radius 1 is 0.914 bits per heavy atom. The van der Waals surface area contributed by atoms with Crippen LogP contribution >= 0.6 is 0 Å². The van der Waals surface area contributed by atoms with Crippen LogP contribution in [0.4, 0.5) is 21.1 Å². The van der Waals surface area contributed by atoms with Crippen molar-refractivity contribution in [3.63, 3.8) is 0 Å². The van der Waals surface area contributed by atoms with E-state index in [0.29, 0.717) is 17.1 Å². The van der Waals surface area contributed by atoms with Crippen LogP contribution in [0.1, 0.15) is 57.5 Å². The van der Waals surface area contributed by atoms with Crippen molar-refractivity contribution in [3.05, 3.63) is 47.5 Å². The van der Waals surface area contributed by atoms with Gasteiger partial charge in [-0.1, -0.05) is 12.1 Å². The molecule has 0 saturated heterocycles. The number of hydrogen-bond acceptors (Lipinski definition) is 9. The van der Waals surface area contributed by atoms with Crippen LogP contribution in [-0.4, -0.2) is 53.5 Å². The van der Waals surface area contributed by atoms with Crippen LogP contribution in [0.15, 0.2) is 36.4 Å². The van der Waals surface area contributed by atoms with Crippen LogP contribution in [-0.2, 0) is 20.8 Å². The van der Waals surface area contributed by atoms with Gasteiger partial charge in [-0.15, -0.1) is 0 Å². The number of rotatable bonds is 6. The molecular weight excluding hydrogens is 454 g/mol. The largest absolute Gasteiger partial charge is 0.481 e. The second-order valence-corrected chi connectivity index (χ2v) is 9.61. The maximum Gasteiger partial charge on any atom is 0.420 e. The number of carbonyl (C=O) groups excluding carboxylic acids is 3. The minimum absolute atomic E-state index is 0.102.